The molecule has 1 aromatic rings. The monoisotopic (exact) mass is 266 g/mol. The quantitative estimate of drug-likeness (QED) is 0.909. The molecule has 0 saturated carbocycles. The second kappa shape index (κ2) is 4.24. The Morgan fingerprint density at radius 3 is 2.67 bits per heavy atom. The van der Waals surface area contributed by atoms with Crippen molar-refractivity contribution in [3.05, 3.63) is 34.7 Å². The fraction of sp³-hybridized carbons (Fsp3) is 0.308. The van der Waals surface area contributed by atoms with E-state index in [2.05, 4.69) is 0 Å². The van der Waals surface area contributed by atoms with Gasteiger partial charge in [0.25, 0.3) is 0 Å². The molecule has 4 nitrogen and oxygen atoms in total. The summed E-state index contributed by atoms with van der Waals surface area (Å²) in [6.45, 7) is 3.38. The Hall–Kier alpha value is -1.62. The van der Waals surface area contributed by atoms with Crippen molar-refractivity contribution in [2.24, 2.45) is 5.92 Å². The molecule has 18 heavy (non-hydrogen) atoms. The van der Waals surface area contributed by atoms with E-state index in [1.54, 1.807) is 32.0 Å². The van der Waals surface area contributed by atoms with Crippen LogP contribution in [0.15, 0.2) is 28.5 Å². The van der Waals surface area contributed by atoms with Crippen molar-refractivity contribution >= 4 is 21.4 Å². The molecule has 1 aromatic carbocycles. The molecule has 0 aromatic heterocycles. The lowest BCUT2D eigenvalue weighted by Crippen LogP contribution is -2.12. The number of aliphatic carboxylic acids is 1. The normalized spacial score (nSPS) is 18.0. The number of hydrogen-bond donors (Lipinski definition) is 1. The topological polar surface area (TPSA) is 71.4 Å². The average Bonchev–Trinajstić information content (AvgIpc) is 2.49. The van der Waals surface area contributed by atoms with Crippen LogP contribution in [-0.2, 0) is 21.1 Å². The van der Waals surface area contributed by atoms with E-state index in [0.29, 0.717) is 22.5 Å². The molecule has 1 unspecified atom stereocenters. The minimum atomic E-state index is -3.29. The molecule has 0 spiro atoms. The van der Waals surface area contributed by atoms with Gasteiger partial charge in [0.05, 0.1) is 10.8 Å². The average molecular weight is 266 g/mol. The number of benzene rings is 1. The summed E-state index contributed by atoms with van der Waals surface area (Å²) in [4.78, 5) is 11.1. The minimum absolute atomic E-state index is 0.312. The second-order valence-corrected chi connectivity index (χ2v) is 6.39. The van der Waals surface area contributed by atoms with Crippen LogP contribution in [0.4, 0.5) is 0 Å². The predicted molar refractivity (Wildman–Crippen MR) is 67.8 cm³/mol. The van der Waals surface area contributed by atoms with E-state index < -0.39 is 21.7 Å². The maximum Gasteiger partial charge on any atom is 0.306 e. The summed E-state index contributed by atoms with van der Waals surface area (Å²) in [5.74, 6) is -1.33. The van der Waals surface area contributed by atoms with Crippen molar-refractivity contribution in [1.29, 1.82) is 0 Å². The molecule has 1 N–H and O–H groups in total. The Labute approximate surface area is 106 Å². The standard InChI is InChI=1S/C13H14O4S/c1-8(13(14)15)5-10-3-4-12-11(6-10)9(2)7-18(12,16)17/h3-4,6-8H,5H2,1-2H3,(H,14,15). The van der Waals surface area contributed by atoms with E-state index in [0.717, 1.165) is 5.56 Å². The van der Waals surface area contributed by atoms with Crippen LogP contribution in [0.3, 0.4) is 0 Å². The number of rotatable bonds is 3. The van der Waals surface area contributed by atoms with Crippen LogP contribution in [0.1, 0.15) is 25.0 Å². The number of carboxylic acids is 1. The smallest absolute Gasteiger partial charge is 0.306 e. The molecule has 1 aliphatic heterocycles. The van der Waals surface area contributed by atoms with Gasteiger partial charge in [0.1, 0.15) is 0 Å². The van der Waals surface area contributed by atoms with Crippen LogP contribution in [-0.4, -0.2) is 19.5 Å². The zero-order valence-corrected chi connectivity index (χ0v) is 11.0. The summed E-state index contributed by atoms with van der Waals surface area (Å²) >= 11 is 0. The third-order valence-electron chi connectivity index (χ3n) is 3.07. The van der Waals surface area contributed by atoms with Crippen LogP contribution >= 0.6 is 0 Å². The fourth-order valence-corrected chi connectivity index (χ4v) is 3.56. The van der Waals surface area contributed by atoms with Gasteiger partial charge in [-0.25, -0.2) is 8.42 Å². The molecule has 5 heteroatoms. The molecule has 1 aliphatic rings. The van der Waals surface area contributed by atoms with Gasteiger partial charge in [0.2, 0.25) is 9.84 Å². The third-order valence-corrected chi connectivity index (χ3v) is 4.70. The Kier molecular flexibility index (Phi) is 3.02. The second-order valence-electron chi connectivity index (χ2n) is 4.62. The van der Waals surface area contributed by atoms with Crippen molar-refractivity contribution in [3.63, 3.8) is 0 Å². The van der Waals surface area contributed by atoms with Crippen LogP contribution in [0, 0.1) is 5.92 Å². The van der Waals surface area contributed by atoms with Gasteiger partial charge >= 0.3 is 5.97 Å². The highest BCUT2D eigenvalue weighted by Crippen LogP contribution is 2.33. The van der Waals surface area contributed by atoms with Gasteiger partial charge < -0.3 is 5.11 Å². The predicted octanol–water partition coefficient (Wildman–Crippen LogP) is 2.10. The first-order chi connectivity index (χ1) is 8.31. The highest BCUT2D eigenvalue weighted by atomic mass is 32.2. The summed E-state index contributed by atoms with van der Waals surface area (Å²) in [7, 11) is -3.29. The number of sulfone groups is 1. The molecule has 0 saturated heterocycles. The van der Waals surface area contributed by atoms with E-state index >= 15 is 0 Å². The Morgan fingerprint density at radius 2 is 2.06 bits per heavy atom. The highest BCUT2D eigenvalue weighted by Gasteiger charge is 2.25. The van der Waals surface area contributed by atoms with E-state index in [-0.39, 0.29) is 0 Å². The third kappa shape index (κ3) is 2.18. The molecule has 0 fully saturated rings. The van der Waals surface area contributed by atoms with Crippen molar-refractivity contribution in [2.75, 3.05) is 0 Å². The maximum absolute atomic E-state index is 11.7. The molecule has 96 valence electrons. The van der Waals surface area contributed by atoms with Crippen molar-refractivity contribution in [1.82, 2.24) is 0 Å². The number of fused-ring (bicyclic) bond motifs is 1. The van der Waals surface area contributed by atoms with Gasteiger partial charge in [-0.05, 0) is 36.1 Å². The largest absolute Gasteiger partial charge is 0.481 e. The summed E-state index contributed by atoms with van der Waals surface area (Å²) in [6, 6.07) is 5.01. The lowest BCUT2D eigenvalue weighted by molar-refractivity contribution is -0.141. The van der Waals surface area contributed by atoms with E-state index in [1.807, 2.05) is 0 Å². The lowest BCUT2D eigenvalue weighted by atomic mass is 9.98. The van der Waals surface area contributed by atoms with Gasteiger partial charge in [-0.3, -0.25) is 4.79 Å². The van der Waals surface area contributed by atoms with Crippen molar-refractivity contribution in [3.8, 4) is 0 Å². The van der Waals surface area contributed by atoms with Gasteiger partial charge in [-0.1, -0.05) is 19.1 Å². The zero-order valence-electron chi connectivity index (χ0n) is 10.2. The van der Waals surface area contributed by atoms with Crippen LogP contribution < -0.4 is 0 Å². The molecule has 0 radical (unpaired) electrons. The van der Waals surface area contributed by atoms with Gasteiger partial charge in [0.15, 0.2) is 0 Å². The van der Waals surface area contributed by atoms with E-state index in [9.17, 15) is 13.2 Å². The highest BCUT2D eigenvalue weighted by molar-refractivity contribution is 7.95. The molecule has 0 aliphatic carbocycles. The van der Waals surface area contributed by atoms with Gasteiger partial charge in [-0.15, -0.1) is 0 Å². The molecule has 0 amide bonds. The SMILES string of the molecule is CC1=CS(=O)(=O)c2ccc(CC(C)C(=O)O)cc21. The zero-order chi connectivity index (χ0) is 13.5. The first-order valence-electron chi connectivity index (χ1n) is 5.61. The number of hydrogen-bond acceptors (Lipinski definition) is 3. The van der Waals surface area contributed by atoms with E-state index in [4.69, 9.17) is 5.11 Å². The summed E-state index contributed by atoms with van der Waals surface area (Å²) < 4.78 is 23.5. The van der Waals surface area contributed by atoms with Crippen LogP contribution in [0.5, 0.6) is 0 Å². The van der Waals surface area contributed by atoms with Gasteiger partial charge in [0, 0.05) is 5.41 Å². The molecule has 1 atom stereocenters. The summed E-state index contributed by atoms with van der Waals surface area (Å²) in [6.07, 6.45) is 0.399. The number of carboxylic acid groups (broad SMARTS) is 1. The number of carbonyl (C=O) groups is 1. The first kappa shape index (κ1) is 12.8. The van der Waals surface area contributed by atoms with E-state index in [1.165, 1.54) is 5.41 Å². The lowest BCUT2D eigenvalue weighted by Gasteiger charge is -2.08. The Balaban J connectivity index is 2.38. The Morgan fingerprint density at radius 1 is 1.39 bits per heavy atom. The number of allylic oxidation sites excluding steroid dienone is 1. The van der Waals surface area contributed by atoms with Gasteiger partial charge in [-0.2, -0.15) is 0 Å². The molecule has 0 bridgehead atoms. The molecular formula is C13H14O4S. The minimum Gasteiger partial charge on any atom is -0.481 e. The van der Waals surface area contributed by atoms with Crippen molar-refractivity contribution in [2.45, 2.75) is 25.2 Å². The summed E-state index contributed by atoms with van der Waals surface area (Å²) in [5.41, 5.74) is 2.23. The van der Waals surface area contributed by atoms with Crippen LogP contribution in [0.25, 0.3) is 5.57 Å². The first-order valence-corrected chi connectivity index (χ1v) is 7.15. The van der Waals surface area contributed by atoms with Crippen molar-refractivity contribution < 1.29 is 18.3 Å². The maximum atomic E-state index is 11.7. The fourth-order valence-electron chi connectivity index (χ4n) is 2.06. The molecular weight excluding hydrogens is 252 g/mol. The molecule has 2 rings (SSSR count). The summed E-state index contributed by atoms with van der Waals surface area (Å²) in [5, 5.41) is 10.1. The van der Waals surface area contributed by atoms with Crippen LogP contribution in [0.2, 0.25) is 0 Å². The molecule has 1 heterocycles. The Bertz CT molecular complexity index is 641.